The highest BCUT2D eigenvalue weighted by Gasteiger charge is 2.22. The molecule has 370 valence electrons. The average Bonchev–Trinajstić information content (AvgIpc) is 3.28. The van der Waals surface area contributed by atoms with E-state index in [0.717, 1.165) is 32.1 Å². The van der Waals surface area contributed by atoms with Crippen LogP contribution in [-0.4, -0.2) is 46.1 Å². The maximum Gasteiger partial charge on any atom is 0.249 e. The van der Waals surface area contributed by atoms with Crippen LogP contribution in [0.1, 0.15) is 322 Å². The molecule has 1 amide bonds. The molecular weight excluding hydrogens is 763 g/mol. The Morgan fingerprint density at radius 2 is 0.629 bits per heavy atom. The van der Waals surface area contributed by atoms with Crippen LogP contribution >= 0.6 is 0 Å². The van der Waals surface area contributed by atoms with E-state index >= 15 is 0 Å². The number of hydrogen-bond donors (Lipinski definition) is 4. The summed E-state index contributed by atoms with van der Waals surface area (Å²) in [5.41, 5.74) is 0. The molecule has 5 heteroatoms. The second kappa shape index (κ2) is 52.7. The van der Waals surface area contributed by atoms with Crippen molar-refractivity contribution in [3.05, 3.63) is 12.2 Å². The third kappa shape index (κ3) is 47.1. The van der Waals surface area contributed by atoms with Crippen molar-refractivity contribution < 1.29 is 20.1 Å². The molecule has 0 aromatic heterocycles. The van der Waals surface area contributed by atoms with Crippen LogP contribution in [0.3, 0.4) is 0 Å². The Balaban J connectivity index is 3.53. The Bertz CT molecular complexity index is 879. The molecule has 0 heterocycles. The zero-order valence-electron chi connectivity index (χ0n) is 42.3. The third-order valence-electron chi connectivity index (χ3n) is 13.6. The molecule has 0 bridgehead atoms. The first-order chi connectivity index (χ1) is 30.6. The van der Waals surface area contributed by atoms with Crippen LogP contribution in [-0.2, 0) is 4.79 Å². The second-order valence-electron chi connectivity index (χ2n) is 19.9. The van der Waals surface area contributed by atoms with Gasteiger partial charge in [0.1, 0.15) is 6.10 Å². The second-order valence-corrected chi connectivity index (χ2v) is 19.9. The van der Waals surface area contributed by atoms with E-state index in [1.807, 2.05) is 6.08 Å². The van der Waals surface area contributed by atoms with Crippen LogP contribution in [0.25, 0.3) is 0 Å². The Morgan fingerprint density at radius 1 is 0.387 bits per heavy atom. The summed E-state index contributed by atoms with van der Waals surface area (Å²) in [6, 6.07) is -0.794. The summed E-state index contributed by atoms with van der Waals surface area (Å²) in [6.07, 6.45) is 65.8. The standard InChI is InChI=1S/C57H113NO4/c1-3-5-7-9-11-13-15-17-19-21-23-25-27-28-29-30-32-34-36-38-40-42-44-46-48-50-52-56(61)57(62)58-54(53-59)55(60)51-49-47-45-43-41-39-37-35-33-31-26-24-22-20-18-16-14-12-10-8-6-4-2/h49,51,54-56,59-61H,3-48,50,52-53H2,1-2H3,(H,58,62)/b51-49+. The minimum atomic E-state index is -1.09. The third-order valence-corrected chi connectivity index (χ3v) is 13.6. The van der Waals surface area contributed by atoms with E-state index in [4.69, 9.17) is 0 Å². The first kappa shape index (κ1) is 61.1. The number of nitrogens with one attached hydrogen (secondary N) is 1. The first-order valence-electron chi connectivity index (χ1n) is 28.5. The van der Waals surface area contributed by atoms with Crippen molar-refractivity contribution >= 4 is 5.91 Å². The van der Waals surface area contributed by atoms with Crippen molar-refractivity contribution in [2.75, 3.05) is 6.61 Å². The van der Waals surface area contributed by atoms with Gasteiger partial charge in [-0.2, -0.15) is 0 Å². The minimum absolute atomic E-state index is 0.358. The molecule has 3 atom stereocenters. The quantitative estimate of drug-likeness (QED) is 0.0362. The van der Waals surface area contributed by atoms with E-state index in [2.05, 4.69) is 19.2 Å². The predicted octanol–water partition coefficient (Wildman–Crippen LogP) is 17.5. The fourth-order valence-electron chi connectivity index (χ4n) is 9.19. The zero-order valence-corrected chi connectivity index (χ0v) is 42.3. The molecule has 0 aromatic rings. The molecule has 0 rings (SSSR count). The van der Waals surface area contributed by atoms with E-state index in [-0.39, 0.29) is 6.61 Å². The predicted molar refractivity (Wildman–Crippen MR) is 273 cm³/mol. The Labute approximate surface area is 389 Å². The lowest BCUT2D eigenvalue weighted by molar-refractivity contribution is -0.131. The highest BCUT2D eigenvalue weighted by Crippen LogP contribution is 2.18. The van der Waals surface area contributed by atoms with E-state index < -0.39 is 24.2 Å². The zero-order chi connectivity index (χ0) is 45.1. The van der Waals surface area contributed by atoms with Crippen molar-refractivity contribution in [3.8, 4) is 0 Å². The van der Waals surface area contributed by atoms with Crippen molar-refractivity contribution in [2.24, 2.45) is 0 Å². The molecule has 3 unspecified atom stereocenters. The summed E-state index contributed by atoms with van der Waals surface area (Å²) in [6.45, 7) is 4.23. The van der Waals surface area contributed by atoms with Gasteiger partial charge in [0.2, 0.25) is 5.91 Å². The molecule has 0 aliphatic rings. The van der Waals surface area contributed by atoms with Crippen LogP contribution < -0.4 is 5.32 Å². The SMILES string of the molecule is CCCCCCCCCCCCCCCCCCCCCC/C=C/C(O)C(CO)NC(=O)C(O)CCCCCCCCCCCCCCCCCCCCCCCCCCCC. The van der Waals surface area contributed by atoms with E-state index in [0.29, 0.717) is 6.42 Å². The van der Waals surface area contributed by atoms with Gasteiger partial charge >= 0.3 is 0 Å². The molecule has 0 fully saturated rings. The van der Waals surface area contributed by atoms with Crippen LogP contribution in [0.4, 0.5) is 0 Å². The smallest absolute Gasteiger partial charge is 0.249 e. The number of rotatable bonds is 53. The lowest BCUT2D eigenvalue weighted by Gasteiger charge is -2.21. The molecule has 0 spiro atoms. The molecule has 0 saturated heterocycles. The van der Waals surface area contributed by atoms with Gasteiger partial charge in [0.05, 0.1) is 18.8 Å². The normalized spacial score (nSPS) is 13.3. The number of carbonyl (C=O) groups excluding carboxylic acids is 1. The molecule has 0 radical (unpaired) electrons. The van der Waals surface area contributed by atoms with Gasteiger partial charge in [-0.3, -0.25) is 4.79 Å². The number of aliphatic hydroxyl groups is 3. The molecule has 0 aliphatic carbocycles. The van der Waals surface area contributed by atoms with Crippen molar-refractivity contribution in [1.82, 2.24) is 5.32 Å². The van der Waals surface area contributed by atoms with Gasteiger partial charge < -0.3 is 20.6 Å². The summed E-state index contributed by atoms with van der Waals surface area (Å²) >= 11 is 0. The van der Waals surface area contributed by atoms with Crippen molar-refractivity contribution in [3.63, 3.8) is 0 Å². The molecule has 0 aromatic carbocycles. The van der Waals surface area contributed by atoms with Gasteiger partial charge in [-0.1, -0.05) is 315 Å². The number of carbonyl (C=O) groups is 1. The lowest BCUT2D eigenvalue weighted by Crippen LogP contribution is -2.48. The van der Waals surface area contributed by atoms with Crippen molar-refractivity contribution in [2.45, 2.75) is 340 Å². The van der Waals surface area contributed by atoms with Gasteiger partial charge in [-0.15, -0.1) is 0 Å². The summed E-state index contributed by atoms with van der Waals surface area (Å²) < 4.78 is 0. The Hall–Kier alpha value is -0.910. The summed E-state index contributed by atoms with van der Waals surface area (Å²) in [4.78, 5) is 12.6. The molecular formula is C57H113NO4. The Morgan fingerprint density at radius 3 is 0.887 bits per heavy atom. The molecule has 4 N–H and O–H groups in total. The minimum Gasteiger partial charge on any atom is -0.394 e. The number of aliphatic hydroxyl groups excluding tert-OH is 3. The topological polar surface area (TPSA) is 89.8 Å². The van der Waals surface area contributed by atoms with Gasteiger partial charge in [0.15, 0.2) is 0 Å². The largest absolute Gasteiger partial charge is 0.394 e. The van der Waals surface area contributed by atoms with E-state index in [1.165, 1.54) is 270 Å². The molecule has 0 aliphatic heterocycles. The maximum atomic E-state index is 12.6. The van der Waals surface area contributed by atoms with Crippen LogP contribution in [0, 0.1) is 0 Å². The van der Waals surface area contributed by atoms with Gasteiger partial charge in [0, 0.05) is 0 Å². The average molecular weight is 877 g/mol. The molecule has 0 saturated carbocycles. The van der Waals surface area contributed by atoms with Crippen LogP contribution in [0.5, 0.6) is 0 Å². The highest BCUT2D eigenvalue weighted by atomic mass is 16.3. The van der Waals surface area contributed by atoms with Gasteiger partial charge in [-0.05, 0) is 19.3 Å². The Kier molecular flexibility index (Phi) is 51.9. The maximum absolute atomic E-state index is 12.6. The monoisotopic (exact) mass is 876 g/mol. The lowest BCUT2D eigenvalue weighted by atomic mass is 10.0. The highest BCUT2D eigenvalue weighted by molar-refractivity contribution is 5.80. The number of hydrogen-bond acceptors (Lipinski definition) is 4. The fraction of sp³-hybridized carbons (Fsp3) is 0.947. The first-order valence-corrected chi connectivity index (χ1v) is 28.5. The van der Waals surface area contributed by atoms with Crippen LogP contribution in [0.15, 0.2) is 12.2 Å². The number of allylic oxidation sites excluding steroid dienone is 1. The van der Waals surface area contributed by atoms with Crippen molar-refractivity contribution in [1.29, 1.82) is 0 Å². The van der Waals surface area contributed by atoms with E-state index in [1.54, 1.807) is 6.08 Å². The number of unbranched alkanes of at least 4 members (excludes halogenated alkanes) is 45. The summed E-state index contributed by atoms with van der Waals surface area (Å²) in [7, 11) is 0. The van der Waals surface area contributed by atoms with Gasteiger partial charge in [-0.25, -0.2) is 0 Å². The van der Waals surface area contributed by atoms with Gasteiger partial charge in [0.25, 0.3) is 0 Å². The summed E-state index contributed by atoms with van der Waals surface area (Å²) in [5, 5.41) is 33.4. The molecule has 62 heavy (non-hydrogen) atoms. The summed E-state index contributed by atoms with van der Waals surface area (Å²) in [5.74, 6) is -0.495. The molecule has 5 nitrogen and oxygen atoms in total. The number of amides is 1. The van der Waals surface area contributed by atoms with Crippen LogP contribution in [0.2, 0.25) is 0 Å². The fourth-order valence-corrected chi connectivity index (χ4v) is 9.19. The van der Waals surface area contributed by atoms with E-state index in [9.17, 15) is 20.1 Å².